The number of benzene rings is 1. The van der Waals surface area contributed by atoms with Crippen LogP contribution in [0.1, 0.15) is 18.2 Å². The molecule has 0 amide bonds. The highest BCUT2D eigenvalue weighted by atomic mass is 16.5. The number of nitrogens with one attached hydrogen (secondary N) is 1. The van der Waals surface area contributed by atoms with E-state index in [-0.39, 0.29) is 0 Å². The molecular weight excluding hydrogens is 226 g/mol. The molecule has 2 aromatic rings. The fourth-order valence-corrected chi connectivity index (χ4v) is 1.50. The highest BCUT2D eigenvalue weighted by Crippen LogP contribution is 2.18. The molecule has 0 saturated carbocycles. The zero-order chi connectivity index (χ0) is 12.8. The minimum Gasteiger partial charge on any atom is -0.437 e. The Labute approximate surface area is 107 Å². The first-order valence-electron chi connectivity index (χ1n) is 6.04. The van der Waals surface area contributed by atoms with Gasteiger partial charge in [0.1, 0.15) is 5.75 Å². The molecule has 94 valence electrons. The van der Waals surface area contributed by atoms with Crippen LogP contribution in [0.5, 0.6) is 11.6 Å². The van der Waals surface area contributed by atoms with Gasteiger partial charge in [0.05, 0.1) is 11.9 Å². The van der Waals surface area contributed by atoms with Gasteiger partial charge in [0, 0.05) is 12.7 Å². The Morgan fingerprint density at radius 1 is 1.17 bits per heavy atom. The van der Waals surface area contributed by atoms with E-state index in [4.69, 9.17) is 4.74 Å². The maximum absolute atomic E-state index is 5.65. The molecule has 4 nitrogen and oxygen atoms in total. The van der Waals surface area contributed by atoms with Gasteiger partial charge in [-0.2, -0.15) is 0 Å². The zero-order valence-electron chi connectivity index (χ0n) is 10.7. The van der Waals surface area contributed by atoms with Gasteiger partial charge in [0.2, 0.25) is 5.88 Å². The lowest BCUT2D eigenvalue weighted by Gasteiger charge is -2.06. The summed E-state index contributed by atoms with van der Waals surface area (Å²) in [4.78, 5) is 8.50. The summed E-state index contributed by atoms with van der Waals surface area (Å²) in [5.41, 5.74) is 2.08. The first-order chi connectivity index (χ1) is 8.78. The van der Waals surface area contributed by atoms with Crippen molar-refractivity contribution in [2.24, 2.45) is 0 Å². The molecule has 4 heteroatoms. The molecule has 0 fully saturated rings. The van der Waals surface area contributed by atoms with Crippen molar-refractivity contribution >= 4 is 0 Å². The molecular formula is C14H17N3O. The Kier molecular flexibility index (Phi) is 4.25. The zero-order valence-corrected chi connectivity index (χ0v) is 10.7. The Morgan fingerprint density at radius 2 is 1.94 bits per heavy atom. The van der Waals surface area contributed by atoms with Crippen LogP contribution in [0.3, 0.4) is 0 Å². The normalized spacial score (nSPS) is 10.3. The minimum atomic E-state index is 0.522. The van der Waals surface area contributed by atoms with Crippen LogP contribution < -0.4 is 10.1 Å². The number of hydrogen-bond acceptors (Lipinski definition) is 4. The molecule has 1 heterocycles. The topological polar surface area (TPSA) is 47.0 Å². The molecule has 0 radical (unpaired) electrons. The molecule has 0 aliphatic rings. The van der Waals surface area contributed by atoms with Crippen molar-refractivity contribution in [1.29, 1.82) is 0 Å². The van der Waals surface area contributed by atoms with Gasteiger partial charge in [-0.15, -0.1) is 0 Å². The number of hydrogen-bond donors (Lipinski definition) is 1. The molecule has 0 atom stereocenters. The van der Waals surface area contributed by atoms with E-state index in [0.717, 1.165) is 18.0 Å². The van der Waals surface area contributed by atoms with Crippen molar-refractivity contribution in [3.63, 3.8) is 0 Å². The second-order valence-corrected chi connectivity index (χ2v) is 4.04. The standard InChI is InChI=1S/C14H17N3O/c1-3-15-8-12-9-16-10-14(17-12)18-13-6-4-11(2)5-7-13/h4-7,9-10,15H,3,8H2,1-2H3. The van der Waals surface area contributed by atoms with E-state index in [1.165, 1.54) is 5.56 Å². The van der Waals surface area contributed by atoms with Gasteiger partial charge in [0.25, 0.3) is 0 Å². The van der Waals surface area contributed by atoms with Crippen molar-refractivity contribution in [2.75, 3.05) is 6.54 Å². The third kappa shape index (κ3) is 3.53. The van der Waals surface area contributed by atoms with Crippen molar-refractivity contribution in [3.8, 4) is 11.6 Å². The Morgan fingerprint density at radius 3 is 2.67 bits per heavy atom. The Bertz CT molecular complexity index is 497. The SMILES string of the molecule is CCNCc1cncc(Oc2ccc(C)cc2)n1. The van der Waals surface area contributed by atoms with E-state index < -0.39 is 0 Å². The van der Waals surface area contributed by atoms with Crippen LogP contribution in [-0.4, -0.2) is 16.5 Å². The van der Waals surface area contributed by atoms with Gasteiger partial charge in [-0.25, -0.2) is 4.98 Å². The number of aromatic nitrogens is 2. The van der Waals surface area contributed by atoms with E-state index >= 15 is 0 Å². The maximum Gasteiger partial charge on any atom is 0.238 e. The summed E-state index contributed by atoms with van der Waals surface area (Å²) >= 11 is 0. The number of rotatable bonds is 5. The van der Waals surface area contributed by atoms with E-state index in [0.29, 0.717) is 12.4 Å². The summed E-state index contributed by atoms with van der Waals surface area (Å²) in [7, 11) is 0. The highest BCUT2D eigenvalue weighted by molar-refractivity contribution is 5.29. The smallest absolute Gasteiger partial charge is 0.238 e. The molecule has 0 bridgehead atoms. The van der Waals surface area contributed by atoms with Crippen LogP contribution in [0.4, 0.5) is 0 Å². The quantitative estimate of drug-likeness (QED) is 0.877. The molecule has 1 aromatic heterocycles. The predicted octanol–water partition coefficient (Wildman–Crippen LogP) is 2.69. The van der Waals surface area contributed by atoms with E-state index in [1.807, 2.05) is 31.2 Å². The average Bonchev–Trinajstić information content (AvgIpc) is 2.40. The van der Waals surface area contributed by atoms with Crippen LogP contribution in [0.2, 0.25) is 0 Å². The van der Waals surface area contributed by atoms with Crippen molar-refractivity contribution in [2.45, 2.75) is 20.4 Å². The maximum atomic E-state index is 5.65. The monoisotopic (exact) mass is 243 g/mol. The first-order valence-corrected chi connectivity index (χ1v) is 6.04. The lowest BCUT2D eigenvalue weighted by Crippen LogP contribution is -2.13. The lowest BCUT2D eigenvalue weighted by molar-refractivity contribution is 0.456. The van der Waals surface area contributed by atoms with Crippen LogP contribution in [-0.2, 0) is 6.54 Å². The van der Waals surface area contributed by atoms with E-state index in [1.54, 1.807) is 12.4 Å². The molecule has 1 N–H and O–H groups in total. The Hall–Kier alpha value is -1.94. The summed E-state index contributed by atoms with van der Waals surface area (Å²) < 4.78 is 5.65. The Balaban J connectivity index is 2.06. The predicted molar refractivity (Wildman–Crippen MR) is 70.7 cm³/mol. The van der Waals surface area contributed by atoms with E-state index in [9.17, 15) is 0 Å². The van der Waals surface area contributed by atoms with Crippen LogP contribution >= 0.6 is 0 Å². The van der Waals surface area contributed by atoms with Gasteiger partial charge >= 0.3 is 0 Å². The van der Waals surface area contributed by atoms with Crippen molar-refractivity contribution in [1.82, 2.24) is 15.3 Å². The molecule has 0 unspecified atom stereocenters. The van der Waals surface area contributed by atoms with Crippen molar-refractivity contribution < 1.29 is 4.74 Å². The van der Waals surface area contributed by atoms with Crippen LogP contribution in [0, 0.1) is 6.92 Å². The molecule has 0 aliphatic heterocycles. The second kappa shape index (κ2) is 6.12. The highest BCUT2D eigenvalue weighted by Gasteiger charge is 2.01. The summed E-state index contributed by atoms with van der Waals surface area (Å²) in [5, 5.41) is 3.21. The lowest BCUT2D eigenvalue weighted by atomic mass is 10.2. The van der Waals surface area contributed by atoms with Crippen molar-refractivity contribution in [3.05, 3.63) is 47.9 Å². The minimum absolute atomic E-state index is 0.522. The van der Waals surface area contributed by atoms with Crippen LogP contribution in [0.25, 0.3) is 0 Å². The van der Waals surface area contributed by atoms with Gasteiger partial charge in [-0.1, -0.05) is 24.6 Å². The summed E-state index contributed by atoms with van der Waals surface area (Å²) in [5.74, 6) is 1.30. The molecule has 0 aliphatic carbocycles. The average molecular weight is 243 g/mol. The van der Waals surface area contributed by atoms with E-state index in [2.05, 4.69) is 22.2 Å². The molecule has 0 saturated heterocycles. The number of nitrogens with zero attached hydrogens (tertiary/aromatic N) is 2. The largest absolute Gasteiger partial charge is 0.437 e. The molecule has 1 aromatic carbocycles. The second-order valence-electron chi connectivity index (χ2n) is 4.04. The van der Waals surface area contributed by atoms with Gasteiger partial charge in [-0.3, -0.25) is 4.98 Å². The fourth-order valence-electron chi connectivity index (χ4n) is 1.50. The fraction of sp³-hybridized carbons (Fsp3) is 0.286. The first kappa shape index (κ1) is 12.5. The third-order valence-corrected chi connectivity index (χ3v) is 2.46. The summed E-state index contributed by atoms with van der Waals surface area (Å²) in [6.45, 7) is 5.71. The van der Waals surface area contributed by atoms with Crippen LogP contribution in [0.15, 0.2) is 36.7 Å². The molecule has 18 heavy (non-hydrogen) atoms. The number of ether oxygens (including phenoxy) is 1. The number of aryl methyl sites for hydroxylation is 1. The summed E-state index contributed by atoms with van der Waals surface area (Å²) in [6, 6.07) is 7.86. The molecule has 2 rings (SSSR count). The van der Waals surface area contributed by atoms with Gasteiger partial charge < -0.3 is 10.1 Å². The van der Waals surface area contributed by atoms with Gasteiger partial charge in [0.15, 0.2) is 0 Å². The summed E-state index contributed by atoms with van der Waals surface area (Å²) in [6.07, 6.45) is 3.36. The van der Waals surface area contributed by atoms with Gasteiger partial charge in [-0.05, 0) is 25.6 Å². The molecule has 0 spiro atoms. The third-order valence-electron chi connectivity index (χ3n) is 2.46.